The van der Waals surface area contributed by atoms with Crippen LogP contribution in [0.4, 0.5) is 0 Å². The summed E-state index contributed by atoms with van der Waals surface area (Å²) in [4.78, 5) is 0. The predicted octanol–water partition coefficient (Wildman–Crippen LogP) is 5.28. The monoisotopic (exact) mass is 343 g/mol. The molecular formula is C18H18BrNO. The fraction of sp³-hybridized carbons (Fsp3) is 0.222. The molecule has 2 nitrogen and oxygen atoms in total. The highest BCUT2D eigenvalue weighted by molar-refractivity contribution is 9.10. The van der Waals surface area contributed by atoms with E-state index in [1.165, 1.54) is 16.3 Å². The molecule has 2 aromatic carbocycles. The van der Waals surface area contributed by atoms with Crippen LogP contribution in [-0.4, -0.2) is 6.54 Å². The first-order chi connectivity index (χ1) is 10.3. The summed E-state index contributed by atoms with van der Waals surface area (Å²) in [5, 5.41) is 6.11. The van der Waals surface area contributed by atoms with E-state index < -0.39 is 0 Å². The largest absolute Gasteiger partial charge is 0.452 e. The Labute approximate surface area is 133 Å². The maximum atomic E-state index is 5.80. The quantitative estimate of drug-likeness (QED) is 0.681. The molecular weight excluding hydrogens is 326 g/mol. The van der Waals surface area contributed by atoms with Gasteiger partial charge in [-0.3, -0.25) is 0 Å². The summed E-state index contributed by atoms with van der Waals surface area (Å²) < 4.78 is 6.57. The SMILES string of the molecule is CCCNC(c1ccc(Br)o1)c1cccc2ccccc12. The maximum absolute atomic E-state index is 5.80. The highest BCUT2D eigenvalue weighted by Crippen LogP contribution is 2.31. The minimum absolute atomic E-state index is 0.0716. The molecule has 3 aromatic rings. The van der Waals surface area contributed by atoms with Crippen LogP contribution >= 0.6 is 15.9 Å². The van der Waals surface area contributed by atoms with Gasteiger partial charge in [-0.1, -0.05) is 49.4 Å². The van der Waals surface area contributed by atoms with Gasteiger partial charge in [0.15, 0.2) is 4.67 Å². The van der Waals surface area contributed by atoms with Crippen molar-refractivity contribution in [3.63, 3.8) is 0 Å². The zero-order valence-corrected chi connectivity index (χ0v) is 13.6. The molecule has 0 bridgehead atoms. The van der Waals surface area contributed by atoms with Gasteiger partial charge in [-0.15, -0.1) is 0 Å². The standard InChI is InChI=1S/C18H18BrNO/c1-2-12-20-18(16-10-11-17(19)21-16)15-9-5-7-13-6-3-4-8-14(13)15/h3-11,18,20H,2,12H2,1H3. The Hall–Kier alpha value is -1.58. The second-order valence-corrected chi connectivity index (χ2v) is 5.88. The molecule has 1 atom stereocenters. The highest BCUT2D eigenvalue weighted by atomic mass is 79.9. The van der Waals surface area contributed by atoms with Gasteiger partial charge in [-0.05, 0) is 57.4 Å². The number of fused-ring (bicyclic) bond motifs is 1. The van der Waals surface area contributed by atoms with Crippen molar-refractivity contribution in [3.05, 3.63) is 70.6 Å². The smallest absolute Gasteiger partial charge is 0.169 e. The van der Waals surface area contributed by atoms with Gasteiger partial charge in [0.1, 0.15) is 5.76 Å². The lowest BCUT2D eigenvalue weighted by atomic mass is 9.97. The van der Waals surface area contributed by atoms with Gasteiger partial charge in [-0.2, -0.15) is 0 Å². The van der Waals surface area contributed by atoms with Gasteiger partial charge in [0.2, 0.25) is 0 Å². The lowest BCUT2D eigenvalue weighted by Gasteiger charge is -2.19. The molecule has 0 aliphatic heterocycles. The van der Waals surface area contributed by atoms with Crippen LogP contribution in [0.2, 0.25) is 0 Å². The van der Waals surface area contributed by atoms with E-state index in [2.05, 4.69) is 70.6 Å². The molecule has 0 amide bonds. The Morgan fingerprint density at radius 2 is 1.86 bits per heavy atom. The topological polar surface area (TPSA) is 25.2 Å². The molecule has 21 heavy (non-hydrogen) atoms. The second-order valence-electron chi connectivity index (χ2n) is 5.10. The summed E-state index contributed by atoms with van der Waals surface area (Å²) in [6, 6.07) is 18.9. The van der Waals surface area contributed by atoms with Crippen molar-refractivity contribution in [1.82, 2.24) is 5.32 Å². The summed E-state index contributed by atoms with van der Waals surface area (Å²) in [6.07, 6.45) is 1.09. The molecule has 1 unspecified atom stereocenters. The summed E-state index contributed by atoms with van der Waals surface area (Å²) in [5.41, 5.74) is 1.25. The first kappa shape index (κ1) is 14.4. The lowest BCUT2D eigenvalue weighted by Crippen LogP contribution is -2.23. The van der Waals surface area contributed by atoms with E-state index in [9.17, 15) is 0 Å². The van der Waals surface area contributed by atoms with E-state index in [0.717, 1.165) is 23.4 Å². The van der Waals surface area contributed by atoms with Crippen molar-refractivity contribution >= 4 is 26.7 Å². The van der Waals surface area contributed by atoms with Crippen molar-refractivity contribution in [2.75, 3.05) is 6.54 Å². The summed E-state index contributed by atoms with van der Waals surface area (Å²) in [6.45, 7) is 3.12. The zero-order chi connectivity index (χ0) is 14.7. The molecule has 0 saturated carbocycles. The number of furan rings is 1. The normalized spacial score (nSPS) is 12.7. The first-order valence-electron chi connectivity index (χ1n) is 7.26. The van der Waals surface area contributed by atoms with Crippen LogP contribution in [-0.2, 0) is 0 Å². The van der Waals surface area contributed by atoms with Crippen molar-refractivity contribution in [3.8, 4) is 0 Å². The van der Waals surface area contributed by atoms with E-state index in [4.69, 9.17) is 4.42 Å². The molecule has 3 rings (SSSR count). The lowest BCUT2D eigenvalue weighted by molar-refractivity contribution is 0.434. The van der Waals surface area contributed by atoms with Crippen LogP contribution in [0, 0.1) is 0 Å². The Kier molecular flexibility index (Phi) is 4.42. The third kappa shape index (κ3) is 3.04. The van der Waals surface area contributed by atoms with E-state index >= 15 is 0 Å². The van der Waals surface area contributed by atoms with Gasteiger partial charge < -0.3 is 9.73 Å². The average molecular weight is 344 g/mol. The Balaban J connectivity index is 2.09. The van der Waals surface area contributed by atoms with Crippen LogP contribution in [0.25, 0.3) is 10.8 Å². The van der Waals surface area contributed by atoms with Crippen molar-refractivity contribution < 1.29 is 4.42 Å². The molecule has 3 heteroatoms. The summed E-state index contributed by atoms with van der Waals surface area (Å²) >= 11 is 3.40. The number of hydrogen-bond donors (Lipinski definition) is 1. The third-order valence-electron chi connectivity index (χ3n) is 3.61. The molecule has 0 saturated heterocycles. The molecule has 0 aliphatic rings. The zero-order valence-electron chi connectivity index (χ0n) is 12.0. The Morgan fingerprint density at radius 3 is 2.62 bits per heavy atom. The van der Waals surface area contributed by atoms with Crippen LogP contribution in [0.5, 0.6) is 0 Å². The van der Waals surface area contributed by atoms with E-state index in [-0.39, 0.29) is 6.04 Å². The molecule has 1 aromatic heterocycles. The fourth-order valence-electron chi connectivity index (χ4n) is 2.64. The number of hydrogen-bond acceptors (Lipinski definition) is 2. The summed E-state index contributed by atoms with van der Waals surface area (Å²) in [7, 11) is 0. The van der Waals surface area contributed by atoms with Gasteiger partial charge in [0.25, 0.3) is 0 Å². The van der Waals surface area contributed by atoms with E-state index in [0.29, 0.717) is 0 Å². The van der Waals surface area contributed by atoms with Crippen LogP contribution in [0.3, 0.4) is 0 Å². The molecule has 0 aliphatic carbocycles. The highest BCUT2D eigenvalue weighted by Gasteiger charge is 2.19. The van der Waals surface area contributed by atoms with Gasteiger partial charge in [0, 0.05) is 0 Å². The number of rotatable bonds is 5. The molecule has 0 spiro atoms. The van der Waals surface area contributed by atoms with Crippen molar-refractivity contribution in [1.29, 1.82) is 0 Å². The van der Waals surface area contributed by atoms with Crippen molar-refractivity contribution in [2.45, 2.75) is 19.4 Å². The van der Waals surface area contributed by atoms with Crippen molar-refractivity contribution in [2.24, 2.45) is 0 Å². The average Bonchev–Trinajstić information content (AvgIpc) is 2.94. The minimum Gasteiger partial charge on any atom is -0.452 e. The van der Waals surface area contributed by atoms with Gasteiger partial charge in [-0.25, -0.2) is 0 Å². The fourth-order valence-corrected chi connectivity index (χ4v) is 2.96. The number of halogens is 1. The van der Waals surface area contributed by atoms with Crippen LogP contribution in [0.1, 0.15) is 30.7 Å². The Bertz CT molecular complexity index is 729. The molecule has 0 fully saturated rings. The van der Waals surface area contributed by atoms with Crippen LogP contribution < -0.4 is 5.32 Å². The first-order valence-corrected chi connectivity index (χ1v) is 8.05. The second kappa shape index (κ2) is 6.46. The maximum Gasteiger partial charge on any atom is 0.169 e. The van der Waals surface area contributed by atoms with Gasteiger partial charge >= 0.3 is 0 Å². The molecule has 0 radical (unpaired) electrons. The van der Waals surface area contributed by atoms with E-state index in [1.807, 2.05) is 12.1 Å². The van der Waals surface area contributed by atoms with Gasteiger partial charge in [0.05, 0.1) is 6.04 Å². The number of benzene rings is 2. The number of nitrogens with one attached hydrogen (secondary N) is 1. The molecule has 108 valence electrons. The van der Waals surface area contributed by atoms with Crippen LogP contribution in [0.15, 0.2) is 63.7 Å². The summed E-state index contributed by atoms with van der Waals surface area (Å²) in [5.74, 6) is 0.937. The minimum atomic E-state index is 0.0716. The molecule has 1 N–H and O–H groups in total. The predicted molar refractivity (Wildman–Crippen MR) is 90.5 cm³/mol. The molecule has 1 heterocycles. The Morgan fingerprint density at radius 1 is 1.05 bits per heavy atom. The third-order valence-corrected chi connectivity index (χ3v) is 4.04. The van der Waals surface area contributed by atoms with E-state index in [1.54, 1.807) is 0 Å².